The molecule has 174 valence electrons. The number of fused-ring (bicyclic) bond motifs is 5. The van der Waals surface area contributed by atoms with Crippen molar-refractivity contribution in [3.8, 4) is 0 Å². The first-order valence-electron chi connectivity index (χ1n) is 12.1. The Labute approximate surface area is 185 Å². The highest BCUT2D eigenvalue weighted by Gasteiger charge is 2.63. The Kier molecular flexibility index (Phi) is 5.89. The first kappa shape index (κ1) is 22.6. The lowest BCUT2D eigenvalue weighted by Gasteiger charge is -2.62. The molecule has 0 bridgehead atoms. The van der Waals surface area contributed by atoms with Gasteiger partial charge >= 0.3 is 17.9 Å². The van der Waals surface area contributed by atoms with Gasteiger partial charge in [-0.2, -0.15) is 0 Å². The first-order valence-corrected chi connectivity index (χ1v) is 12.1. The van der Waals surface area contributed by atoms with E-state index in [1.54, 1.807) is 0 Å². The van der Waals surface area contributed by atoms with E-state index in [0.717, 1.165) is 51.4 Å². The summed E-state index contributed by atoms with van der Waals surface area (Å²) in [6.45, 7) is 9.16. The molecule has 0 heterocycles. The molecule has 4 saturated carbocycles. The normalized spacial score (nSPS) is 46.2. The van der Waals surface area contributed by atoms with Gasteiger partial charge in [0.15, 0.2) is 0 Å². The molecule has 4 fully saturated rings. The second kappa shape index (κ2) is 8.08. The van der Waals surface area contributed by atoms with Crippen LogP contribution in [-0.2, 0) is 28.6 Å². The second-order valence-corrected chi connectivity index (χ2v) is 11.1. The summed E-state index contributed by atoms with van der Waals surface area (Å²) < 4.78 is 17.3. The van der Waals surface area contributed by atoms with E-state index >= 15 is 0 Å². The van der Waals surface area contributed by atoms with Crippen LogP contribution in [0.5, 0.6) is 0 Å². The Morgan fingerprint density at radius 1 is 0.677 bits per heavy atom. The minimum absolute atomic E-state index is 0.00570. The summed E-state index contributed by atoms with van der Waals surface area (Å²) >= 11 is 0. The van der Waals surface area contributed by atoms with Crippen LogP contribution in [0, 0.1) is 34.5 Å². The number of carbonyl (C=O) groups is 3. The fourth-order valence-corrected chi connectivity index (χ4v) is 8.26. The van der Waals surface area contributed by atoms with Crippen LogP contribution in [0.2, 0.25) is 0 Å². The number of hydrogen-bond donors (Lipinski definition) is 0. The molecule has 9 unspecified atom stereocenters. The van der Waals surface area contributed by atoms with Crippen molar-refractivity contribution in [1.29, 1.82) is 0 Å². The maximum Gasteiger partial charge on any atom is 0.302 e. The summed E-state index contributed by atoms with van der Waals surface area (Å²) in [7, 11) is 0. The van der Waals surface area contributed by atoms with Crippen molar-refractivity contribution in [2.24, 2.45) is 34.5 Å². The fraction of sp³-hybridized carbons (Fsp3) is 0.880. The molecule has 6 nitrogen and oxygen atoms in total. The van der Waals surface area contributed by atoms with Gasteiger partial charge in [0.1, 0.15) is 18.3 Å². The minimum atomic E-state index is -0.234. The Morgan fingerprint density at radius 3 is 1.94 bits per heavy atom. The van der Waals surface area contributed by atoms with Gasteiger partial charge < -0.3 is 14.2 Å². The molecule has 0 aromatic carbocycles. The van der Waals surface area contributed by atoms with Crippen LogP contribution in [0.25, 0.3) is 0 Å². The number of rotatable bonds is 3. The third-order valence-electron chi connectivity index (χ3n) is 9.48. The lowest BCUT2D eigenvalue weighted by molar-refractivity contribution is -0.200. The Hall–Kier alpha value is -1.59. The Bertz CT molecular complexity index is 748. The van der Waals surface area contributed by atoms with Crippen LogP contribution in [0.15, 0.2) is 0 Å². The quantitative estimate of drug-likeness (QED) is 0.483. The monoisotopic (exact) mass is 434 g/mol. The van der Waals surface area contributed by atoms with Crippen LogP contribution >= 0.6 is 0 Å². The molecule has 0 amide bonds. The van der Waals surface area contributed by atoms with Gasteiger partial charge in [-0.1, -0.05) is 13.8 Å². The average Bonchev–Trinajstić information content (AvgIpc) is 2.98. The highest BCUT2D eigenvalue weighted by Crippen LogP contribution is 2.67. The lowest BCUT2D eigenvalue weighted by Crippen LogP contribution is -2.59. The van der Waals surface area contributed by atoms with Crippen molar-refractivity contribution >= 4 is 17.9 Å². The molecule has 4 aliphatic carbocycles. The summed E-state index contributed by atoms with van der Waals surface area (Å²) in [5, 5.41) is 0. The third kappa shape index (κ3) is 3.89. The van der Waals surface area contributed by atoms with Crippen LogP contribution in [0.1, 0.15) is 86.0 Å². The average molecular weight is 435 g/mol. The highest BCUT2D eigenvalue weighted by atomic mass is 16.6. The standard InChI is InChI=1S/C25H38O6/c1-14(26)29-17-8-10-24(4)20-9-11-25(5)19(6-7-23(25)31-16(3)28)18(20)13-22(21(24)12-17)30-15(2)27/h17-23H,6-13H2,1-5H3. The van der Waals surface area contributed by atoms with Crippen molar-refractivity contribution < 1.29 is 28.6 Å². The summed E-state index contributed by atoms with van der Waals surface area (Å²) in [6.07, 6.45) is 7.46. The largest absolute Gasteiger partial charge is 0.463 e. The van der Waals surface area contributed by atoms with Gasteiger partial charge in [-0.25, -0.2) is 0 Å². The summed E-state index contributed by atoms with van der Waals surface area (Å²) in [4.78, 5) is 35.3. The Morgan fingerprint density at radius 2 is 1.29 bits per heavy atom. The zero-order valence-electron chi connectivity index (χ0n) is 19.6. The Balaban J connectivity index is 1.62. The molecule has 0 aromatic heterocycles. The predicted octanol–water partition coefficient (Wildman–Crippen LogP) is 4.43. The lowest BCUT2D eigenvalue weighted by atomic mass is 9.44. The molecule has 0 aromatic rings. The van der Waals surface area contributed by atoms with E-state index in [0.29, 0.717) is 17.8 Å². The van der Waals surface area contributed by atoms with E-state index in [9.17, 15) is 14.4 Å². The molecular formula is C25H38O6. The van der Waals surface area contributed by atoms with E-state index in [2.05, 4.69) is 13.8 Å². The molecular weight excluding hydrogens is 396 g/mol. The number of hydrogen-bond acceptors (Lipinski definition) is 6. The van der Waals surface area contributed by atoms with E-state index in [-0.39, 0.29) is 53.0 Å². The maximum atomic E-state index is 12.0. The topological polar surface area (TPSA) is 78.9 Å². The molecule has 31 heavy (non-hydrogen) atoms. The van der Waals surface area contributed by atoms with Crippen molar-refractivity contribution in [3.05, 3.63) is 0 Å². The van der Waals surface area contributed by atoms with E-state index in [4.69, 9.17) is 14.2 Å². The summed E-state index contributed by atoms with van der Waals surface area (Å²) in [5.74, 6) is 1.08. The maximum absolute atomic E-state index is 12.0. The van der Waals surface area contributed by atoms with Gasteiger partial charge in [0, 0.05) is 32.1 Å². The second-order valence-electron chi connectivity index (χ2n) is 11.1. The summed E-state index contributed by atoms with van der Waals surface area (Å²) in [5.41, 5.74) is 0.0757. The van der Waals surface area contributed by atoms with Gasteiger partial charge in [0.25, 0.3) is 0 Å². The first-order chi connectivity index (χ1) is 14.5. The van der Waals surface area contributed by atoms with Crippen molar-refractivity contribution in [2.45, 2.75) is 104 Å². The molecule has 6 heteroatoms. The fourth-order valence-electron chi connectivity index (χ4n) is 8.26. The van der Waals surface area contributed by atoms with Crippen molar-refractivity contribution in [3.63, 3.8) is 0 Å². The van der Waals surface area contributed by atoms with E-state index < -0.39 is 0 Å². The summed E-state index contributed by atoms with van der Waals surface area (Å²) in [6, 6.07) is 0. The smallest absolute Gasteiger partial charge is 0.302 e. The number of carbonyl (C=O) groups excluding carboxylic acids is 3. The van der Waals surface area contributed by atoms with Crippen molar-refractivity contribution in [2.75, 3.05) is 0 Å². The number of esters is 3. The van der Waals surface area contributed by atoms with Crippen LogP contribution in [-0.4, -0.2) is 36.2 Å². The van der Waals surface area contributed by atoms with Gasteiger partial charge in [-0.3, -0.25) is 14.4 Å². The molecule has 4 aliphatic rings. The van der Waals surface area contributed by atoms with E-state index in [1.807, 2.05) is 0 Å². The molecule has 9 atom stereocenters. The molecule has 0 aliphatic heterocycles. The molecule has 0 radical (unpaired) electrons. The third-order valence-corrected chi connectivity index (χ3v) is 9.48. The van der Waals surface area contributed by atoms with Gasteiger partial charge in [0.2, 0.25) is 0 Å². The van der Waals surface area contributed by atoms with Crippen molar-refractivity contribution in [1.82, 2.24) is 0 Å². The predicted molar refractivity (Wildman–Crippen MR) is 114 cm³/mol. The molecule has 0 saturated heterocycles. The highest BCUT2D eigenvalue weighted by molar-refractivity contribution is 5.67. The molecule has 0 spiro atoms. The zero-order chi connectivity index (χ0) is 22.6. The van der Waals surface area contributed by atoms with Crippen LogP contribution < -0.4 is 0 Å². The van der Waals surface area contributed by atoms with Gasteiger partial charge in [0.05, 0.1) is 0 Å². The van der Waals surface area contributed by atoms with Crippen LogP contribution in [0.3, 0.4) is 0 Å². The molecule has 0 N–H and O–H groups in total. The zero-order valence-corrected chi connectivity index (χ0v) is 19.6. The SMILES string of the molecule is CC(=O)OC1CCC2(C)C(C1)C(OC(C)=O)CC1C3CCC(OC(C)=O)C3(C)CCC12. The van der Waals surface area contributed by atoms with E-state index in [1.165, 1.54) is 20.8 Å². The van der Waals surface area contributed by atoms with Crippen LogP contribution in [0.4, 0.5) is 0 Å². The van der Waals surface area contributed by atoms with Gasteiger partial charge in [-0.15, -0.1) is 0 Å². The number of ether oxygens (including phenoxy) is 3. The van der Waals surface area contributed by atoms with Gasteiger partial charge in [-0.05, 0) is 74.5 Å². The minimum Gasteiger partial charge on any atom is -0.463 e. The molecule has 4 rings (SSSR count).